The smallest absolute Gasteiger partial charge is 0.317 e. The molecule has 1 fully saturated rings. The first-order valence-electron chi connectivity index (χ1n) is 5.97. The highest BCUT2D eigenvalue weighted by Crippen LogP contribution is 2.09. The van der Waals surface area contributed by atoms with Gasteiger partial charge in [-0.15, -0.1) is 0 Å². The Hall–Kier alpha value is -1.26. The SMILES string of the molecule is CC(=O)NCCNC(=O)N1CCCCCC1. The maximum atomic E-state index is 11.7. The molecule has 0 aliphatic carbocycles. The van der Waals surface area contributed by atoms with Gasteiger partial charge < -0.3 is 15.5 Å². The maximum absolute atomic E-state index is 11.7. The van der Waals surface area contributed by atoms with Crippen molar-refractivity contribution in [1.82, 2.24) is 15.5 Å². The average Bonchev–Trinajstić information content (AvgIpc) is 2.52. The Bertz CT molecular complexity index is 235. The van der Waals surface area contributed by atoms with Crippen LogP contribution in [0.4, 0.5) is 4.79 Å². The van der Waals surface area contributed by atoms with Gasteiger partial charge in [0.05, 0.1) is 0 Å². The summed E-state index contributed by atoms with van der Waals surface area (Å²) in [7, 11) is 0. The van der Waals surface area contributed by atoms with Crippen LogP contribution in [0, 0.1) is 0 Å². The van der Waals surface area contributed by atoms with E-state index in [1.807, 2.05) is 4.90 Å². The van der Waals surface area contributed by atoms with Gasteiger partial charge in [-0.25, -0.2) is 4.79 Å². The van der Waals surface area contributed by atoms with Crippen LogP contribution in [0.5, 0.6) is 0 Å². The number of amides is 3. The number of urea groups is 1. The lowest BCUT2D eigenvalue weighted by Crippen LogP contribution is -2.43. The molecule has 16 heavy (non-hydrogen) atoms. The van der Waals surface area contributed by atoms with Crippen LogP contribution in [0.15, 0.2) is 0 Å². The predicted molar refractivity (Wildman–Crippen MR) is 62.1 cm³/mol. The number of hydrogen-bond acceptors (Lipinski definition) is 2. The summed E-state index contributed by atoms with van der Waals surface area (Å²) in [6.45, 7) is 4.17. The highest BCUT2D eigenvalue weighted by atomic mass is 16.2. The minimum atomic E-state index is -0.0657. The molecule has 0 saturated carbocycles. The van der Waals surface area contributed by atoms with Gasteiger partial charge in [0.1, 0.15) is 0 Å². The average molecular weight is 227 g/mol. The second-order valence-electron chi connectivity index (χ2n) is 4.12. The van der Waals surface area contributed by atoms with Gasteiger partial charge in [-0.1, -0.05) is 12.8 Å². The van der Waals surface area contributed by atoms with E-state index in [1.54, 1.807) is 0 Å². The highest BCUT2D eigenvalue weighted by molar-refractivity contribution is 5.74. The zero-order chi connectivity index (χ0) is 11.8. The number of nitrogens with zero attached hydrogens (tertiary/aromatic N) is 1. The third-order valence-electron chi connectivity index (χ3n) is 2.67. The fourth-order valence-electron chi connectivity index (χ4n) is 1.79. The van der Waals surface area contributed by atoms with Crippen molar-refractivity contribution in [2.24, 2.45) is 0 Å². The van der Waals surface area contributed by atoms with E-state index < -0.39 is 0 Å². The summed E-state index contributed by atoms with van der Waals surface area (Å²) in [5, 5.41) is 5.45. The lowest BCUT2D eigenvalue weighted by Gasteiger charge is -2.20. The number of carbonyl (C=O) groups excluding carboxylic acids is 2. The molecule has 0 radical (unpaired) electrons. The minimum Gasteiger partial charge on any atom is -0.355 e. The highest BCUT2D eigenvalue weighted by Gasteiger charge is 2.14. The molecule has 0 aromatic heterocycles. The number of likely N-dealkylation sites (tertiary alicyclic amines) is 1. The van der Waals surface area contributed by atoms with E-state index in [0.717, 1.165) is 25.9 Å². The second-order valence-corrected chi connectivity index (χ2v) is 4.12. The lowest BCUT2D eigenvalue weighted by molar-refractivity contribution is -0.118. The quantitative estimate of drug-likeness (QED) is 0.697. The van der Waals surface area contributed by atoms with Crippen molar-refractivity contribution >= 4 is 11.9 Å². The number of carbonyl (C=O) groups is 2. The summed E-state index contributed by atoms with van der Waals surface area (Å²) in [6.07, 6.45) is 4.63. The lowest BCUT2D eigenvalue weighted by atomic mass is 10.2. The van der Waals surface area contributed by atoms with Crippen LogP contribution in [0.25, 0.3) is 0 Å². The molecule has 2 N–H and O–H groups in total. The van der Waals surface area contributed by atoms with Crippen molar-refractivity contribution in [2.45, 2.75) is 32.6 Å². The van der Waals surface area contributed by atoms with Crippen molar-refractivity contribution < 1.29 is 9.59 Å². The molecule has 1 saturated heterocycles. The van der Waals surface area contributed by atoms with Gasteiger partial charge in [0.2, 0.25) is 5.91 Å². The van der Waals surface area contributed by atoms with Crippen LogP contribution in [0.3, 0.4) is 0 Å². The molecule has 3 amide bonds. The van der Waals surface area contributed by atoms with E-state index >= 15 is 0 Å². The van der Waals surface area contributed by atoms with Crippen LogP contribution in [-0.2, 0) is 4.79 Å². The Morgan fingerprint density at radius 1 is 1.00 bits per heavy atom. The molecule has 0 aromatic carbocycles. The fourth-order valence-corrected chi connectivity index (χ4v) is 1.79. The van der Waals surface area contributed by atoms with Crippen molar-refractivity contribution in [3.63, 3.8) is 0 Å². The molecule has 1 rings (SSSR count). The van der Waals surface area contributed by atoms with Crippen molar-refractivity contribution in [3.05, 3.63) is 0 Å². The van der Waals surface area contributed by atoms with Crippen LogP contribution in [0.2, 0.25) is 0 Å². The fraction of sp³-hybridized carbons (Fsp3) is 0.818. The van der Waals surface area contributed by atoms with Gasteiger partial charge in [0.25, 0.3) is 0 Å². The number of nitrogens with one attached hydrogen (secondary N) is 2. The second kappa shape index (κ2) is 7.09. The molecular formula is C11H21N3O2. The van der Waals surface area contributed by atoms with Crippen LogP contribution >= 0.6 is 0 Å². The summed E-state index contributed by atoms with van der Waals surface area (Å²) in [6, 6.07) is -0.00717. The van der Waals surface area contributed by atoms with E-state index in [-0.39, 0.29) is 11.9 Å². The van der Waals surface area contributed by atoms with Gasteiger partial charge >= 0.3 is 6.03 Å². The van der Waals surface area contributed by atoms with Crippen LogP contribution in [0.1, 0.15) is 32.6 Å². The zero-order valence-electron chi connectivity index (χ0n) is 9.92. The first-order valence-corrected chi connectivity index (χ1v) is 5.97. The Labute approximate surface area is 96.6 Å². The number of hydrogen-bond donors (Lipinski definition) is 2. The van der Waals surface area contributed by atoms with Crippen LogP contribution in [-0.4, -0.2) is 43.0 Å². The molecule has 1 aliphatic rings. The Morgan fingerprint density at radius 3 is 2.12 bits per heavy atom. The molecular weight excluding hydrogens is 206 g/mol. The summed E-state index contributed by atoms with van der Waals surface area (Å²) in [4.78, 5) is 24.2. The van der Waals surface area contributed by atoms with E-state index in [9.17, 15) is 9.59 Å². The third-order valence-corrected chi connectivity index (χ3v) is 2.67. The molecule has 1 heterocycles. The van der Waals surface area contributed by atoms with Gasteiger partial charge in [-0.05, 0) is 12.8 Å². The van der Waals surface area contributed by atoms with Crippen molar-refractivity contribution in [3.8, 4) is 0 Å². The molecule has 0 atom stereocenters. The molecule has 0 spiro atoms. The Balaban J connectivity index is 2.15. The zero-order valence-corrected chi connectivity index (χ0v) is 9.92. The third kappa shape index (κ3) is 5.00. The number of rotatable bonds is 3. The normalized spacial score (nSPS) is 16.4. The topological polar surface area (TPSA) is 61.4 Å². The van der Waals surface area contributed by atoms with E-state index in [4.69, 9.17) is 0 Å². The Morgan fingerprint density at radius 2 is 1.56 bits per heavy atom. The summed E-state index contributed by atoms with van der Waals surface area (Å²) in [5.41, 5.74) is 0. The predicted octanol–water partition coefficient (Wildman–Crippen LogP) is 0.708. The van der Waals surface area contributed by atoms with E-state index in [1.165, 1.54) is 19.8 Å². The standard InChI is InChI=1S/C11H21N3O2/c1-10(15)12-6-7-13-11(16)14-8-4-2-3-5-9-14/h2-9H2,1H3,(H,12,15)(H,13,16). The van der Waals surface area contributed by atoms with Gasteiger partial charge in [-0.2, -0.15) is 0 Å². The molecule has 92 valence electrons. The molecule has 0 aromatic rings. The van der Waals surface area contributed by atoms with Crippen LogP contribution < -0.4 is 10.6 Å². The summed E-state index contributed by atoms with van der Waals surface area (Å²) >= 11 is 0. The van der Waals surface area contributed by atoms with E-state index in [0.29, 0.717) is 13.1 Å². The van der Waals surface area contributed by atoms with Gasteiger partial charge in [0.15, 0.2) is 0 Å². The van der Waals surface area contributed by atoms with E-state index in [2.05, 4.69) is 10.6 Å². The Kier molecular flexibility index (Phi) is 5.67. The monoisotopic (exact) mass is 227 g/mol. The first kappa shape index (κ1) is 12.8. The summed E-state index contributed by atoms with van der Waals surface area (Å²) < 4.78 is 0. The molecule has 0 unspecified atom stereocenters. The molecule has 0 bridgehead atoms. The molecule has 5 heteroatoms. The minimum absolute atomic E-state index is 0.00717. The van der Waals surface area contributed by atoms with Gasteiger partial charge in [0, 0.05) is 33.1 Å². The molecule has 1 aliphatic heterocycles. The van der Waals surface area contributed by atoms with Crippen molar-refractivity contribution in [1.29, 1.82) is 0 Å². The first-order chi connectivity index (χ1) is 7.70. The summed E-state index contributed by atoms with van der Waals surface area (Å²) in [5.74, 6) is -0.0657. The maximum Gasteiger partial charge on any atom is 0.317 e. The van der Waals surface area contributed by atoms with Gasteiger partial charge in [-0.3, -0.25) is 4.79 Å². The largest absolute Gasteiger partial charge is 0.355 e. The van der Waals surface area contributed by atoms with Crippen molar-refractivity contribution in [2.75, 3.05) is 26.2 Å². The molecule has 5 nitrogen and oxygen atoms in total.